The molecular weight excluding hydrogens is 377 g/mol. The van der Waals surface area contributed by atoms with Crippen LogP contribution in [-0.2, 0) is 4.79 Å². The van der Waals surface area contributed by atoms with Crippen LogP contribution in [0.25, 0.3) is 0 Å². The van der Waals surface area contributed by atoms with Crippen molar-refractivity contribution in [3.05, 3.63) is 63.9 Å². The molecule has 0 radical (unpaired) electrons. The Labute approximate surface area is 147 Å². The van der Waals surface area contributed by atoms with E-state index < -0.39 is 17.9 Å². The number of benzene rings is 2. The second-order valence-corrected chi connectivity index (χ2v) is 6.25. The predicted octanol–water partition coefficient (Wildman–Crippen LogP) is 3.63. The van der Waals surface area contributed by atoms with Gasteiger partial charge in [-0.1, -0.05) is 34.1 Å². The van der Waals surface area contributed by atoms with Crippen molar-refractivity contribution >= 4 is 33.6 Å². The minimum atomic E-state index is -0.728. The van der Waals surface area contributed by atoms with Gasteiger partial charge in [0, 0.05) is 10.2 Å². The summed E-state index contributed by atoms with van der Waals surface area (Å²) in [4.78, 5) is 23.4. The van der Waals surface area contributed by atoms with Crippen molar-refractivity contribution < 1.29 is 14.0 Å². The third-order valence-corrected chi connectivity index (χ3v) is 3.91. The minimum absolute atomic E-state index is 0.0328. The molecule has 0 aliphatic heterocycles. The van der Waals surface area contributed by atoms with Crippen molar-refractivity contribution in [2.24, 2.45) is 5.73 Å². The molecule has 3 amide bonds. The molecule has 0 spiro atoms. The van der Waals surface area contributed by atoms with Crippen molar-refractivity contribution in [2.75, 3.05) is 5.32 Å². The molecule has 24 heavy (non-hydrogen) atoms. The van der Waals surface area contributed by atoms with E-state index in [1.807, 2.05) is 6.07 Å². The van der Waals surface area contributed by atoms with Crippen LogP contribution in [-0.4, -0.2) is 11.9 Å². The summed E-state index contributed by atoms with van der Waals surface area (Å²) >= 11 is 3.35. The molecule has 0 heterocycles. The maximum absolute atomic E-state index is 13.5. The van der Waals surface area contributed by atoms with E-state index in [2.05, 4.69) is 26.6 Å². The van der Waals surface area contributed by atoms with E-state index in [4.69, 9.17) is 5.73 Å². The number of nitrogens with two attached hydrogens (primary N) is 1. The number of halogens is 2. The van der Waals surface area contributed by atoms with Crippen LogP contribution in [0.1, 0.15) is 23.6 Å². The Balaban J connectivity index is 2.12. The molecule has 1 unspecified atom stereocenters. The second kappa shape index (κ2) is 7.92. The van der Waals surface area contributed by atoms with E-state index in [0.29, 0.717) is 11.3 Å². The molecule has 0 bridgehead atoms. The van der Waals surface area contributed by atoms with Crippen molar-refractivity contribution in [1.29, 1.82) is 0 Å². The van der Waals surface area contributed by atoms with Gasteiger partial charge in [0.2, 0.25) is 5.91 Å². The fraction of sp³-hybridized carbons (Fsp3) is 0.176. The van der Waals surface area contributed by atoms with Crippen LogP contribution in [0.3, 0.4) is 0 Å². The molecule has 0 aromatic heterocycles. The molecule has 0 fully saturated rings. The first-order valence-corrected chi connectivity index (χ1v) is 8.02. The first-order valence-electron chi connectivity index (χ1n) is 7.22. The number of hydrogen-bond acceptors (Lipinski definition) is 2. The number of rotatable bonds is 5. The molecule has 2 aromatic rings. The van der Waals surface area contributed by atoms with Crippen LogP contribution in [0.5, 0.6) is 0 Å². The molecule has 0 saturated carbocycles. The van der Waals surface area contributed by atoms with Crippen LogP contribution in [0.2, 0.25) is 0 Å². The van der Waals surface area contributed by atoms with Crippen LogP contribution >= 0.6 is 15.9 Å². The highest BCUT2D eigenvalue weighted by Crippen LogP contribution is 2.22. The van der Waals surface area contributed by atoms with E-state index in [9.17, 15) is 14.0 Å². The molecule has 4 N–H and O–H groups in total. The smallest absolute Gasteiger partial charge is 0.312 e. The number of anilines is 1. The molecule has 5 nitrogen and oxygen atoms in total. The van der Waals surface area contributed by atoms with Gasteiger partial charge in [0.1, 0.15) is 5.82 Å². The Morgan fingerprint density at radius 2 is 2.00 bits per heavy atom. The van der Waals surface area contributed by atoms with Gasteiger partial charge in [-0.2, -0.15) is 0 Å². The van der Waals surface area contributed by atoms with Gasteiger partial charge in [-0.25, -0.2) is 9.18 Å². The first-order chi connectivity index (χ1) is 11.3. The summed E-state index contributed by atoms with van der Waals surface area (Å²) < 4.78 is 14.4. The van der Waals surface area contributed by atoms with E-state index in [1.54, 1.807) is 37.3 Å². The fourth-order valence-electron chi connectivity index (χ4n) is 2.22. The SMILES string of the molecule is Cc1ccc(NC(=O)CC(NC(N)=O)c2cccc(Br)c2)cc1F. The zero-order valence-electron chi connectivity index (χ0n) is 13.0. The van der Waals surface area contributed by atoms with Crippen LogP contribution in [0, 0.1) is 12.7 Å². The van der Waals surface area contributed by atoms with Gasteiger partial charge in [0.15, 0.2) is 0 Å². The highest BCUT2D eigenvalue weighted by Gasteiger charge is 2.18. The summed E-state index contributed by atoms with van der Waals surface area (Å²) in [7, 11) is 0. The van der Waals surface area contributed by atoms with E-state index in [0.717, 1.165) is 10.0 Å². The van der Waals surface area contributed by atoms with Crippen LogP contribution < -0.4 is 16.4 Å². The molecule has 1 atom stereocenters. The van der Waals surface area contributed by atoms with E-state index in [-0.39, 0.29) is 12.3 Å². The lowest BCUT2D eigenvalue weighted by atomic mass is 10.0. The van der Waals surface area contributed by atoms with Gasteiger partial charge in [-0.3, -0.25) is 4.79 Å². The highest BCUT2D eigenvalue weighted by atomic mass is 79.9. The largest absolute Gasteiger partial charge is 0.352 e. The fourth-order valence-corrected chi connectivity index (χ4v) is 2.63. The zero-order chi connectivity index (χ0) is 17.7. The Morgan fingerprint density at radius 1 is 1.25 bits per heavy atom. The maximum Gasteiger partial charge on any atom is 0.312 e. The predicted molar refractivity (Wildman–Crippen MR) is 94.0 cm³/mol. The highest BCUT2D eigenvalue weighted by molar-refractivity contribution is 9.10. The summed E-state index contributed by atoms with van der Waals surface area (Å²) in [5.74, 6) is -0.761. The van der Waals surface area contributed by atoms with Crippen molar-refractivity contribution in [1.82, 2.24) is 5.32 Å². The third kappa shape index (κ3) is 5.06. The van der Waals surface area contributed by atoms with Crippen molar-refractivity contribution in [3.8, 4) is 0 Å². The normalized spacial score (nSPS) is 11.6. The summed E-state index contributed by atoms with van der Waals surface area (Å²) in [5, 5.41) is 5.16. The molecule has 2 rings (SSSR count). The summed E-state index contributed by atoms with van der Waals surface area (Å²) in [6.07, 6.45) is -0.0328. The number of nitrogens with one attached hydrogen (secondary N) is 2. The molecule has 0 aliphatic carbocycles. The molecular formula is C17H17BrFN3O2. The second-order valence-electron chi connectivity index (χ2n) is 5.33. The summed E-state index contributed by atoms with van der Waals surface area (Å²) in [5.41, 5.74) is 6.77. The number of carbonyl (C=O) groups excluding carboxylic acids is 2. The Hall–Kier alpha value is -2.41. The van der Waals surface area contributed by atoms with Crippen LogP contribution in [0.4, 0.5) is 14.9 Å². The topological polar surface area (TPSA) is 84.2 Å². The molecule has 7 heteroatoms. The lowest BCUT2D eigenvalue weighted by Crippen LogP contribution is -2.35. The summed E-state index contributed by atoms with van der Waals surface area (Å²) in [6, 6.07) is 10.3. The third-order valence-electron chi connectivity index (χ3n) is 3.41. The Kier molecular flexibility index (Phi) is 5.92. The van der Waals surface area contributed by atoms with Crippen molar-refractivity contribution in [2.45, 2.75) is 19.4 Å². The van der Waals surface area contributed by atoms with Gasteiger partial charge in [0.25, 0.3) is 0 Å². The molecule has 2 aromatic carbocycles. The molecule has 126 valence electrons. The van der Waals surface area contributed by atoms with Crippen LogP contribution in [0.15, 0.2) is 46.9 Å². The minimum Gasteiger partial charge on any atom is -0.352 e. The van der Waals surface area contributed by atoms with Gasteiger partial charge in [-0.15, -0.1) is 0 Å². The van der Waals surface area contributed by atoms with E-state index >= 15 is 0 Å². The number of aryl methyl sites for hydroxylation is 1. The number of carbonyl (C=O) groups is 2. The Morgan fingerprint density at radius 3 is 2.62 bits per heavy atom. The van der Waals surface area contributed by atoms with Gasteiger partial charge < -0.3 is 16.4 Å². The zero-order valence-corrected chi connectivity index (χ0v) is 14.6. The lowest BCUT2D eigenvalue weighted by Gasteiger charge is -2.18. The number of hydrogen-bond donors (Lipinski definition) is 3. The number of amides is 3. The standard InChI is InChI=1S/C17H17BrFN3O2/c1-10-5-6-13(8-14(10)19)21-16(23)9-15(22-17(20)24)11-3-2-4-12(18)7-11/h2-8,15H,9H2,1H3,(H,21,23)(H3,20,22,24). The van der Waals surface area contributed by atoms with Gasteiger partial charge in [0.05, 0.1) is 12.5 Å². The van der Waals surface area contributed by atoms with Crippen molar-refractivity contribution in [3.63, 3.8) is 0 Å². The number of primary amides is 1. The number of urea groups is 1. The first kappa shape index (κ1) is 17.9. The maximum atomic E-state index is 13.5. The Bertz CT molecular complexity index is 767. The quantitative estimate of drug-likeness (QED) is 0.724. The van der Waals surface area contributed by atoms with Gasteiger partial charge in [-0.05, 0) is 42.3 Å². The average Bonchev–Trinajstić information content (AvgIpc) is 2.50. The average molecular weight is 394 g/mol. The molecule has 0 aliphatic rings. The summed E-state index contributed by atoms with van der Waals surface area (Å²) in [6.45, 7) is 1.64. The molecule has 0 saturated heterocycles. The monoisotopic (exact) mass is 393 g/mol. The lowest BCUT2D eigenvalue weighted by molar-refractivity contribution is -0.116. The van der Waals surface area contributed by atoms with Gasteiger partial charge >= 0.3 is 6.03 Å². The van der Waals surface area contributed by atoms with E-state index in [1.165, 1.54) is 6.07 Å².